The number of nitrogens with one attached hydrogen (secondary N) is 1. The molecule has 98 valence electrons. The summed E-state index contributed by atoms with van der Waals surface area (Å²) in [5.74, 6) is 1.22. The topological polar surface area (TPSA) is 39.7 Å². The van der Waals surface area contributed by atoms with Crippen molar-refractivity contribution < 1.29 is 18.6 Å². The van der Waals surface area contributed by atoms with Gasteiger partial charge in [-0.3, -0.25) is 0 Å². The first-order valence-corrected chi connectivity index (χ1v) is 6.18. The predicted octanol–water partition coefficient (Wildman–Crippen LogP) is 2.03. The smallest absolute Gasteiger partial charge is 0.231 e. The van der Waals surface area contributed by atoms with Crippen LogP contribution in [0.4, 0.5) is 4.39 Å². The van der Waals surface area contributed by atoms with Crippen molar-refractivity contribution in [2.24, 2.45) is 0 Å². The first kappa shape index (κ1) is 11.6. The first-order valence-electron chi connectivity index (χ1n) is 6.18. The monoisotopic (exact) mass is 253 g/mol. The molecule has 2 aliphatic rings. The largest absolute Gasteiger partial charge is 0.494 e. The fourth-order valence-corrected chi connectivity index (χ4v) is 2.64. The Labute approximate surface area is 105 Å². The molecule has 18 heavy (non-hydrogen) atoms. The molecule has 1 saturated heterocycles. The molecule has 0 saturated carbocycles. The van der Waals surface area contributed by atoms with Gasteiger partial charge in [-0.05, 0) is 31.8 Å². The molecule has 1 N–H and O–H groups in total. The molecule has 1 aromatic rings. The lowest BCUT2D eigenvalue weighted by Crippen LogP contribution is -2.27. The Hall–Kier alpha value is -1.49. The van der Waals surface area contributed by atoms with Gasteiger partial charge in [0.15, 0.2) is 23.1 Å². The molecule has 4 nitrogen and oxygen atoms in total. The fraction of sp³-hybridized carbons (Fsp3) is 0.538. The van der Waals surface area contributed by atoms with E-state index in [1.165, 1.54) is 7.11 Å². The summed E-state index contributed by atoms with van der Waals surface area (Å²) in [6.07, 6.45) is 1.81. The van der Waals surface area contributed by atoms with Gasteiger partial charge in [-0.1, -0.05) is 0 Å². The van der Waals surface area contributed by atoms with Gasteiger partial charge in [-0.25, -0.2) is 4.39 Å². The van der Waals surface area contributed by atoms with Gasteiger partial charge in [0.2, 0.25) is 6.79 Å². The van der Waals surface area contributed by atoms with E-state index in [1.807, 2.05) is 0 Å². The number of ether oxygens (including phenoxy) is 3. The van der Waals surface area contributed by atoms with Crippen LogP contribution in [0.5, 0.6) is 17.2 Å². The van der Waals surface area contributed by atoms with Crippen LogP contribution in [-0.4, -0.2) is 27.0 Å². The Kier molecular flexibility index (Phi) is 2.99. The molecule has 0 bridgehead atoms. The summed E-state index contributed by atoms with van der Waals surface area (Å²) >= 11 is 0. The number of benzene rings is 1. The molecule has 0 spiro atoms. The van der Waals surface area contributed by atoms with Crippen LogP contribution in [0, 0.1) is 5.82 Å². The number of methoxy groups -OCH3 is 1. The van der Waals surface area contributed by atoms with Crippen LogP contribution >= 0.6 is 0 Å². The average molecular weight is 253 g/mol. The highest BCUT2D eigenvalue weighted by Gasteiger charge is 2.30. The summed E-state index contributed by atoms with van der Waals surface area (Å²) in [5.41, 5.74) is 0.614. The standard InChI is InChI=1S/C13H16FNO3/c1-16-9-6-10-13(18-7-17-10)11(12(9)14)8-2-4-15-5-3-8/h6,8,15H,2-5,7H2,1H3. The number of rotatable bonds is 2. The van der Waals surface area contributed by atoms with Gasteiger partial charge in [-0.2, -0.15) is 0 Å². The summed E-state index contributed by atoms with van der Waals surface area (Å²) in [6.45, 7) is 1.95. The maximum atomic E-state index is 14.4. The maximum absolute atomic E-state index is 14.4. The van der Waals surface area contributed by atoms with Crippen molar-refractivity contribution in [3.63, 3.8) is 0 Å². The fourth-order valence-electron chi connectivity index (χ4n) is 2.64. The van der Waals surface area contributed by atoms with E-state index >= 15 is 0 Å². The minimum Gasteiger partial charge on any atom is -0.494 e. The molecule has 0 atom stereocenters. The third-order valence-electron chi connectivity index (χ3n) is 3.57. The van der Waals surface area contributed by atoms with E-state index in [1.54, 1.807) is 6.07 Å². The van der Waals surface area contributed by atoms with Crippen LogP contribution in [0.3, 0.4) is 0 Å². The molecule has 0 radical (unpaired) electrons. The average Bonchev–Trinajstić information content (AvgIpc) is 2.86. The second kappa shape index (κ2) is 4.65. The zero-order chi connectivity index (χ0) is 12.5. The summed E-state index contributed by atoms with van der Waals surface area (Å²) in [6, 6.07) is 1.56. The van der Waals surface area contributed by atoms with Crippen LogP contribution in [0.15, 0.2) is 6.07 Å². The Balaban J connectivity index is 2.07. The minimum atomic E-state index is -0.311. The highest BCUT2D eigenvalue weighted by Crippen LogP contribution is 2.46. The molecule has 0 aromatic heterocycles. The van der Waals surface area contributed by atoms with Gasteiger partial charge in [0.05, 0.1) is 7.11 Å². The summed E-state index contributed by atoms with van der Waals surface area (Å²) in [5, 5.41) is 3.27. The van der Waals surface area contributed by atoms with Crippen LogP contribution in [0.1, 0.15) is 24.3 Å². The van der Waals surface area contributed by atoms with Gasteiger partial charge >= 0.3 is 0 Å². The highest BCUT2D eigenvalue weighted by atomic mass is 19.1. The van der Waals surface area contributed by atoms with Crippen LogP contribution < -0.4 is 19.5 Å². The van der Waals surface area contributed by atoms with E-state index in [0.717, 1.165) is 25.9 Å². The number of fused-ring (bicyclic) bond motifs is 1. The third-order valence-corrected chi connectivity index (χ3v) is 3.57. The van der Waals surface area contributed by atoms with E-state index in [2.05, 4.69) is 5.32 Å². The zero-order valence-electron chi connectivity index (χ0n) is 10.3. The normalized spacial score (nSPS) is 19.0. The van der Waals surface area contributed by atoms with E-state index in [9.17, 15) is 4.39 Å². The summed E-state index contributed by atoms with van der Waals surface area (Å²) < 4.78 is 30.3. The number of hydrogen-bond donors (Lipinski definition) is 1. The molecule has 5 heteroatoms. The Morgan fingerprint density at radius 2 is 2.11 bits per heavy atom. The van der Waals surface area contributed by atoms with Gasteiger partial charge in [0, 0.05) is 11.6 Å². The molecule has 2 aliphatic heterocycles. The predicted molar refractivity (Wildman–Crippen MR) is 63.9 cm³/mol. The zero-order valence-corrected chi connectivity index (χ0v) is 10.3. The lowest BCUT2D eigenvalue weighted by Gasteiger charge is -2.24. The molecule has 0 amide bonds. The molecule has 1 fully saturated rings. The van der Waals surface area contributed by atoms with Crippen molar-refractivity contribution in [2.45, 2.75) is 18.8 Å². The van der Waals surface area contributed by atoms with Crippen molar-refractivity contribution in [1.82, 2.24) is 5.32 Å². The second-order valence-electron chi connectivity index (χ2n) is 4.56. The second-order valence-corrected chi connectivity index (χ2v) is 4.56. The molecule has 2 heterocycles. The van der Waals surface area contributed by atoms with E-state index in [4.69, 9.17) is 14.2 Å². The van der Waals surface area contributed by atoms with Crippen molar-refractivity contribution >= 4 is 0 Å². The van der Waals surface area contributed by atoms with E-state index in [0.29, 0.717) is 17.1 Å². The Morgan fingerprint density at radius 3 is 2.83 bits per heavy atom. The maximum Gasteiger partial charge on any atom is 0.231 e. The quantitative estimate of drug-likeness (QED) is 0.875. The van der Waals surface area contributed by atoms with Crippen LogP contribution in [0.25, 0.3) is 0 Å². The Morgan fingerprint density at radius 1 is 1.33 bits per heavy atom. The number of piperidine rings is 1. The van der Waals surface area contributed by atoms with Crippen LogP contribution in [0.2, 0.25) is 0 Å². The van der Waals surface area contributed by atoms with Gasteiger partial charge < -0.3 is 19.5 Å². The van der Waals surface area contributed by atoms with Crippen molar-refractivity contribution in [3.05, 3.63) is 17.4 Å². The van der Waals surface area contributed by atoms with Gasteiger partial charge in [-0.15, -0.1) is 0 Å². The van der Waals surface area contributed by atoms with Gasteiger partial charge in [0.1, 0.15) is 0 Å². The van der Waals surface area contributed by atoms with Crippen molar-refractivity contribution in [1.29, 1.82) is 0 Å². The lowest BCUT2D eigenvalue weighted by atomic mass is 9.88. The molecule has 0 aliphatic carbocycles. The summed E-state index contributed by atoms with van der Waals surface area (Å²) in [7, 11) is 1.47. The summed E-state index contributed by atoms with van der Waals surface area (Å²) in [4.78, 5) is 0. The van der Waals surface area contributed by atoms with Crippen molar-refractivity contribution in [3.8, 4) is 17.2 Å². The molecule has 0 unspecified atom stereocenters. The minimum absolute atomic E-state index is 0.153. The third kappa shape index (κ3) is 1.79. The van der Waals surface area contributed by atoms with E-state index in [-0.39, 0.29) is 24.3 Å². The number of halogens is 1. The lowest BCUT2D eigenvalue weighted by molar-refractivity contribution is 0.172. The Bertz CT molecular complexity index is 457. The molecular weight excluding hydrogens is 237 g/mol. The first-order chi connectivity index (χ1) is 8.81. The van der Waals surface area contributed by atoms with Crippen LogP contribution in [-0.2, 0) is 0 Å². The highest BCUT2D eigenvalue weighted by molar-refractivity contribution is 5.55. The van der Waals surface area contributed by atoms with E-state index < -0.39 is 0 Å². The molecular formula is C13H16FNO3. The molecule has 1 aromatic carbocycles. The molecule has 3 rings (SSSR count). The van der Waals surface area contributed by atoms with Gasteiger partial charge in [0.25, 0.3) is 0 Å². The SMILES string of the molecule is COc1cc2c(c(C3CCNCC3)c1F)OCO2. The van der Waals surface area contributed by atoms with Crippen molar-refractivity contribution in [2.75, 3.05) is 27.0 Å². The number of hydrogen-bond acceptors (Lipinski definition) is 4.